The Labute approximate surface area is 116 Å². The van der Waals surface area contributed by atoms with E-state index in [0.717, 1.165) is 6.07 Å². The highest BCUT2D eigenvalue weighted by Gasteiger charge is 2.13. The van der Waals surface area contributed by atoms with E-state index in [4.69, 9.17) is 11.0 Å². The Morgan fingerprint density at radius 1 is 1.21 bits per heavy atom. The summed E-state index contributed by atoms with van der Waals surface area (Å²) < 4.78 is 27.3. The molecule has 6 heteroatoms. The number of rotatable bonds is 2. The second kappa shape index (κ2) is 5.24. The van der Waals surface area contributed by atoms with Gasteiger partial charge in [-0.3, -0.25) is 0 Å². The molecule has 0 spiro atoms. The first kappa shape index (κ1) is 13.3. The van der Waals surface area contributed by atoms with Crippen LogP contribution in [0.5, 0.6) is 0 Å². The Kier molecular flexibility index (Phi) is 3.67. The van der Waals surface area contributed by atoms with Crippen LogP contribution in [0, 0.1) is 23.0 Å². The first-order valence-corrected chi connectivity index (χ1v) is 6.02. The molecular weight excluding hydrogens is 316 g/mol. The van der Waals surface area contributed by atoms with E-state index in [2.05, 4.69) is 21.2 Å². The van der Waals surface area contributed by atoms with Crippen LogP contribution in [0.3, 0.4) is 0 Å². The van der Waals surface area contributed by atoms with Gasteiger partial charge in [-0.2, -0.15) is 5.26 Å². The summed E-state index contributed by atoms with van der Waals surface area (Å²) in [4.78, 5) is 0. The molecule has 96 valence electrons. The van der Waals surface area contributed by atoms with Crippen LogP contribution in [0.2, 0.25) is 0 Å². The van der Waals surface area contributed by atoms with Crippen molar-refractivity contribution in [2.45, 2.75) is 0 Å². The lowest BCUT2D eigenvalue weighted by Crippen LogP contribution is -2.02. The Bertz CT molecular complexity index is 680. The number of nitrogens with two attached hydrogens (primary N) is 1. The number of benzene rings is 2. The van der Waals surface area contributed by atoms with Crippen LogP contribution in [0.4, 0.5) is 25.8 Å². The van der Waals surface area contributed by atoms with Crippen molar-refractivity contribution < 1.29 is 8.78 Å². The van der Waals surface area contributed by atoms with Crippen molar-refractivity contribution in [3.8, 4) is 6.07 Å². The minimum atomic E-state index is -1.05. The number of hydrogen-bond acceptors (Lipinski definition) is 3. The monoisotopic (exact) mass is 323 g/mol. The molecule has 0 amide bonds. The third kappa shape index (κ3) is 2.66. The van der Waals surface area contributed by atoms with Crippen LogP contribution in [-0.2, 0) is 0 Å². The fourth-order valence-corrected chi connectivity index (χ4v) is 1.99. The van der Waals surface area contributed by atoms with Gasteiger partial charge in [0, 0.05) is 4.47 Å². The summed E-state index contributed by atoms with van der Waals surface area (Å²) in [6.45, 7) is 0. The maximum atomic E-state index is 13.6. The van der Waals surface area contributed by atoms with Crippen molar-refractivity contribution in [1.82, 2.24) is 0 Å². The average Bonchev–Trinajstić information content (AvgIpc) is 2.40. The largest absolute Gasteiger partial charge is 0.397 e. The van der Waals surface area contributed by atoms with Gasteiger partial charge in [0.25, 0.3) is 0 Å². The maximum Gasteiger partial charge on any atom is 0.184 e. The molecule has 2 rings (SSSR count). The number of anilines is 3. The van der Waals surface area contributed by atoms with E-state index in [1.807, 2.05) is 6.07 Å². The van der Waals surface area contributed by atoms with Crippen LogP contribution in [0.25, 0.3) is 0 Å². The number of halogens is 3. The molecule has 19 heavy (non-hydrogen) atoms. The highest BCUT2D eigenvalue weighted by molar-refractivity contribution is 9.10. The molecule has 2 aromatic rings. The smallest absolute Gasteiger partial charge is 0.184 e. The molecule has 3 N–H and O–H groups in total. The van der Waals surface area contributed by atoms with E-state index < -0.39 is 11.6 Å². The molecule has 0 saturated carbocycles. The third-order valence-electron chi connectivity index (χ3n) is 2.48. The lowest BCUT2D eigenvalue weighted by atomic mass is 10.2. The van der Waals surface area contributed by atoms with Gasteiger partial charge in [-0.1, -0.05) is 0 Å². The fraction of sp³-hybridized carbons (Fsp3) is 0. The number of nitrogens with one attached hydrogen (secondary N) is 1. The van der Waals surface area contributed by atoms with Gasteiger partial charge in [-0.25, -0.2) is 8.78 Å². The molecule has 0 unspecified atom stereocenters. The average molecular weight is 324 g/mol. The number of hydrogen-bond donors (Lipinski definition) is 2. The van der Waals surface area contributed by atoms with Crippen LogP contribution >= 0.6 is 15.9 Å². The van der Waals surface area contributed by atoms with E-state index in [9.17, 15) is 8.78 Å². The van der Waals surface area contributed by atoms with Crippen molar-refractivity contribution in [3.63, 3.8) is 0 Å². The minimum Gasteiger partial charge on any atom is -0.397 e. The molecule has 0 saturated heterocycles. The van der Waals surface area contributed by atoms with Gasteiger partial charge in [0.05, 0.1) is 23.0 Å². The van der Waals surface area contributed by atoms with E-state index in [-0.39, 0.29) is 11.4 Å². The summed E-state index contributed by atoms with van der Waals surface area (Å²) >= 11 is 3.24. The summed E-state index contributed by atoms with van der Waals surface area (Å²) in [7, 11) is 0. The Morgan fingerprint density at radius 3 is 2.58 bits per heavy atom. The van der Waals surface area contributed by atoms with Gasteiger partial charge in [-0.05, 0) is 46.3 Å². The maximum absolute atomic E-state index is 13.6. The molecule has 0 heterocycles. The van der Waals surface area contributed by atoms with Crippen molar-refractivity contribution in [2.75, 3.05) is 11.1 Å². The van der Waals surface area contributed by atoms with Crippen LogP contribution in [-0.4, -0.2) is 0 Å². The zero-order valence-electron chi connectivity index (χ0n) is 9.55. The molecule has 3 nitrogen and oxygen atoms in total. The van der Waals surface area contributed by atoms with E-state index in [0.29, 0.717) is 15.7 Å². The molecule has 2 aromatic carbocycles. The van der Waals surface area contributed by atoms with Crippen molar-refractivity contribution in [2.24, 2.45) is 0 Å². The predicted molar refractivity (Wildman–Crippen MR) is 72.9 cm³/mol. The van der Waals surface area contributed by atoms with Gasteiger partial charge in [0.2, 0.25) is 0 Å². The molecule has 0 radical (unpaired) electrons. The summed E-state index contributed by atoms with van der Waals surface area (Å²) in [6.07, 6.45) is 0. The molecule has 0 atom stereocenters. The topological polar surface area (TPSA) is 61.8 Å². The molecule has 0 fully saturated rings. The van der Waals surface area contributed by atoms with Gasteiger partial charge in [0.1, 0.15) is 5.69 Å². The SMILES string of the molecule is N#Cc1ccc(Nc2c(N)ccc(F)c2F)c(Br)c1. The number of nitrogens with zero attached hydrogens (tertiary/aromatic N) is 1. The van der Waals surface area contributed by atoms with Gasteiger partial charge in [-0.15, -0.1) is 0 Å². The Balaban J connectivity index is 2.42. The normalized spacial score (nSPS) is 10.0. The summed E-state index contributed by atoms with van der Waals surface area (Å²) in [5, 5.41) is 11.5. The van der Waals surface area contributed by atoms with Gasteiger partial charge in [0.15, 0.2) is 11.6 Å². The van der Waals surface area contributed by atoms with E-state index in [1.165, 1.54) is 6.07 Å². The quantitative estimate of drug-likeness (QED) is 0.823. The minimum absolute atomic E-state index is 0.0927. The lowest BCUT2D eigenvalue weighted by Gasteiger charge is -2.12. The number of nitrogen functional groups attached to an aromatic ring is 1. The van der Waals surface area contributed by atoms with E-state index in [1.54, 1.807) is 18.2 Å². The molecule has 0 aliphatic heterocycles. The molecular formula is C13H8BrF2N3. The van der Waals surface area contributed by atoms with Crippen LogP contribution in [0.1, 0.15) is 5.56 Å². The van der Waals surface area contributed by atoms with Crippen LogP contribution in [0.15, 0.2) is 34.8 Å². The zero-order valence-corrected chi connectivity index (χ0v) is 11.1. The Hall–Kier alpha value is -2.13. The van der Waals surface area contributed by atoms with E-state index >= 15 is 0 Å². The molecule has 0 bridgehead atoms. The third-order valence-corrected chi connectivity index (χ3v) is 3.14. The predicted octanol–water partition coefficient (Wildman–Crippen LogP) is 3.92. The molecule has 0 aromatic heterocycles. The molecule has 0 aliphatic rings. The second-order valence-corrected chi connectivity index (χ2v) is 4.61. The number of nitriles is 1. The first-order valence-electron chi connectivity index (χ1n) is 5.23. The van der Waals surface area contributed by atoms with Crippen LogP contribution < -0.4 is 11.1 Å². The zero-order chi connectivity index (χ0) is 14.0. The second-order valence-electron chi connectivity index (χ2n) is 3.76. The summed E-state index contributed by atoms with van der Waals surface area (Å²) in [5.41, 5.74) is 6.50. The van der Waals surface area contributed by atoms with Crippen molar-refractivity contribution in [1.29, 1.82) is 5.26 Å². The highest BCUT2D eigenvalue weighted by Crippen LogP contribution is 2.32. The van der Waals surface area contributed by atoms with Gasteiger partial charge >= 0.3 is 0 Å². The van der Waals surface area contributed by atoms with Gasteiger partial charge < -0.3 is 11.1 Å². The standard InChI is InChI=1S/C13H8BrF2N3/c14-8-5-7(6-17)1-4-11(8)19-13-10(18)3-2-9(15)12(13)16/h1-5,19H,18H2. The van der Waals surface area contributed by atoms with Crippen molar-refractivity contribution in [3.05, 3.63) is 52.0 Å². The molecule has 0 aliphatic carbocycles. The summed E-state index contributed by atoms with van der Waals surface area (Å²) in [6, 6.07) is 8.91. The lowest BCUT2D eigenvalue weighted by molar-refractivity contribution is 0.512. The first-order chi connectivity index (χ1) is 9.02. The highest BCUT2D eigenvalue weighted by atomic mass is 79.9. The Morgan fingerprint density at radius 2 is 1.95 bits per heavy atom. The van der Waals surface area contributed by atoms with Crippen molar-refractivity contribution >= 4 is 33.0 Å². The fourth-order valence-electron chi connectivity index (χ4n) is 1.51. The summed E-state index contributed by atoms with van der Waals surface area (Å²) in [5.74, 6) is -2.03.